The molecule has 140 valence electrons. The number of hydrogen-bond donors (Lipinski definition) is 1. The van der Waals surface area contributed by atoms with Crippen molar-refractivity contribution >= 4 is 22.6 Å². The summed E-state index contributed by atoms with van der Waals surface area (Å²) >= 11 is 2.26. The third kappa shape index (κ3) is 4.58. The summed E-state index contributed by atoms with van der Waals surface area (Å²) in [5.41, 5.74) is 5.36. The van der Waals surface area contributed by atoms with Crippen LogP contribution >= 0.6 is 22.6 Å². The van der Waals surface area contributed by atoms with Crippen molar-refractivity contribution in [2.45, 2.75) is 40.2 Å². The van der Waals surface area contributed by atoms with E-state index in [1.807, 2.05) is 31.2 Å². The second-order valence-electron chi connectivity index (χ2n) is 6.92. The second-order valence-corrected chi connectivity index (χ2v) is 8.17. The van der Waals surface area contributed by atoms with Crippen LogP contribution in [0.25, 0.3) is 0 Å². The Morgan fingerprint density at radius 3 is 2.19 bits per heavy atom. The lowest BCUT2D eigenvalue weighted by atomic mass is 10.00. The standard InChI is InChI=1S/C22H23IN2O2/c1-4-19-20(12-17-10-14(2)9-15(3)11-17)25(22(27)24-21(19)26)13-16-5-7-18(23)8-6-16/h5-11H,4,12-13H2,1-3H3,(H,24,26,27). The van der Waals surface area contributed by atoms with Crippen molar-refractivity contribution in [2.75, 3.05) is 0 Å². The first-order chi connectivity index (χ1) is 12.9. The lowest BCUT2D eigenvalue weighted by Gasteiger charge is -2.16. The molecule has 1 N–H and O–H groups in total. The zero-order valence-electron chi connectivity index (χ0n) is 15.8. The SMILES string of the molecule is CCc1c(Cc2cc(C)cc(C)c2)n(Cc2ccc(I)cc2)c(=O)[nH]c1=O. The summed E-state index contributed by atoms with van der Waals surface area (Å²) in [7, 11) is 0. The van der Waals surface area contributed by atoms with Crippen molar-refractivity contribution < 1.29 is 0 Å². The molecule has 0 saturated carbocycles. The molecule has 1 aromatic heterocycles. The summed E-state index contributed by atoms with van der Waals surface area (Å²) in [6, 6.07) is 14.5. The number of nitrogens with zero attached hydrogens (tertiary/aromatic N) is 1. The average Bonchev–Trinajstić information content (AvgIpc) is 2.59. The first-order valence-corrected chi connectivity index (χ1v) is 10.1. The Bertz CT molecular complexity index is 1060. The van der Waals surface area contributed by atoms with Crippen molar-refractivity contribution in [2.24, 2.45) is 0 Å². The fourth-order valence-corrected chi connectivity index (χ4v) is 3.89. The van der Waals surface area contributed by atoms with Crippen molar-refractivity contribution in [3.05, 3.63) is 100 Å². The molecule has 0 saturated heterocycles. The van der Waals surface area contributed by atoms with Gasteiger partial charge in [-0.3, -0.25) is 14.3 Å². The highest BCUT2D eigenvalue weighted by molar-refractivity contribution is 14.1. The monoisotopic (exact) mass is 474 g/mol. The number of aromatic nitrogens is 2. The lowest BCUT2D eigenvalue weighted by Crippen LogP contribution is -2.35. The molecule has 3 rings (SSSR count). The van der Waals surface area contributed by atoms with E-state index < -0.39 is 0 Å². The van der Waals surface area contributed by atoms with Crippen LogP contribution in [0.5, 0.6) is 0 Å². The normalized spacial score (nSPS) is 11.0. The van der Waals surface area contributed by atoms with E-state index in [-0.39, 0.29) is 11.2 Å². The van der Waals surface area contributed by atoms with Crippen molar-refractivity contribution in [1.29, 1.82) is 0 Å². The van der Waals surface area contributed by atoms with E-state index in [1.165, 1.54) is 11.1 Å². The number of aromatic amines is 1. The molecule has 0 bridgehead atoms. The number of aryl methyl sites for hydroxylation is 2. The van der Waals surface area contributed by atoms with E-state index in [1.54, 1.807) is 4.57 Å². The predicted octanol–water partition coefficient (Wildman–Crippen LogP) is 3.96. The number of benzene rings is 2. The summed E-state index contributed by atoms with van der Waals surface area (Å²) in [5, 5.41) is 0. The second kappa shape index (κ2) is 8.25. The van der Waals surface area contributed by atoms with Gasteiger partial charge in [0.1, 0.15) is 0 Å². The molecule has 5 heteroatoms. The Kier molecular flexibility index (Phi) is 5.99. The van der Waals surface area contributed by atoms with Crippen LogP contribution in [0.2, 0.25) is 0 Å². The molecule has 0 aliphatic rings. The van der Waals surface area contributed by atoms with Gasteiger partial charge >= 0.3 is 5.69 Å². The van der Waals surface area contributed by atoms with Crippen LogP contribution in [-0.2, 0) is 19.4 Å². The molecule has 0 spiro atoms. The summed E-state index contributed by atoms with van der Waals surface area (Å²) < 4.78 is 2.86. The summed E-state index contributed by atoms with van der Waals surface area (Å²) in [6.45, 7) is 6.52. The predicted molar refractivity (Wildman–Crippen MR) is 118 cm³/mol. The molecule has 0 aliphatic heterocycles. The van der Waals surface area contributed by atoms with Gasteiger partial charge < -0.3 is 0 Å². The third-order valence-corrected chi connectivity index (χ3v) is 5.39. The molecule has 27 heavy (non-hydrogen) atoms. The van der Waals surface area contributed by atoms with E-state index in [9.17, 15) is 9.59 Å². The minimum absolute atomic E-state index is 0.277. The number of rotatable bonds is 5. The van der Waals surface area contributed by atoms with Gasteiger partial charge in [0.2, 0.25) is 0 Å². The Hall–Kier alpha value is -2.15. The van der Waals surface area contributed by atoms with E-state index in [2.05, 4.69) is 59.6 Å². The minimum Gasteiger partial charge on any atom is -0.293 e. The molecule has 0 amide bonds. The maximum atomic E-state index is 12.6. The van der Waals surface area contributed by atoms with Crippen LogP contribution < -0.4 is 11.2 Å². The molecular formula is C22H23IN2O2. The topological polar surface area (TPSA) is 54.9 Å². The lowest BCUT2D eigenvalue weighted by molar-refractivity contribution is 0.664. The van der Waals surface area contributed by atoms with Gasteiger partial charge in [-0.25, -0.2) is 4.79 Å². The maximum Gasteiger partial charge on any atom is 0.328 e. The zero-order valence-corrected chi connectivity index (χ0v) is 18.0. The summed E-state index contributed by atoms with van der Waals surface area (Å²) in [5.74, 6) is 0. The minimum atomic E-state index is -0.352. The van der Waals surface area contributed by atoms with E-state index in [0.29, 0.717) is 24.9 Å². The summed E-state index contributed by atoms with van der Waals surface area (Å²) in [4.78, 5) is 27.5. The highest BCUT2D eigenvalue weighted by Crippen LogP contribution is 2.16. The Morgan fingerprint density at radius 1 is 0.963 bits per heavy atom. The highest BCUT2D eigenvalue weighted by atomic mass is 127. The van der Waals surface area contributed by atoms with Gasteiger partial charge in [0.05, 0.1) is 6.54 Å². The van der Waals surface area contributed by atoms with Crippen LogP contribution in [-0.4, -0.2) is 9.55 Å². The molecule has 0 atom stereocenters. The first-order valence-electron chi connectivity index (χ1n) is 9.04. The largest absolute Gasteiger partial charge is 0.328 e. The molecule has 0 unspecified atom stereocenters. The fraction of sp³-hybridized carbons (Fsp3) is 0.273. The number of halogens is 1. The molecule has 1 heterocycles. The molecular weight excluding hydrogens is 451 g/mol. The van der Waals surface area contributed by atoms with Gasteiger partial charge in [-0.2, -0.15) is 0 Å². The Labute approximate surface area is 172 Å². The Morgan fingerprint density at radius 2 is 1.59 bits per heavy atom. The quantitative estimate of drug-likeness (QED) is 0.570. The molecule has 0 aliphatic carbocycles. The summed E-state index contributed by atoms with van der Waals surface area (Å²) in [6.07, 6.45) is 1.15. The molecule has 3 aromatic rings. The van der Waals surface area contributed by atoms with Gasteiger partial charge in [-0.05, 0) is 66.1 Å². The van der Waals surface area contributed by atoms with Crippen LogP contribution in [0.1, 0.15) is 40.4 Å². The van der Waals surface area contributed by atoms with Gasteiger partial charge in [-0.15, -0.1) is 0 Å². The van der Waals surface area contributed by atoms with Crippen LogP contribution in [0.4, 0.5) is 0 Å². The molecule has 0 radical (unpaired) electrons. The average molecular weight is 474 g/mol. The smallest absolute Gasteiger partial charge is 0.293 e. The molecule has 4 nitrogen and oxygen atoms in total. The first kappa shape index (κ1) is 19.6. The van der Waals surface area contributed by atoms with Gasteiger partial charge in [0, 0.05) is 21.2 Å². The van der Waals surface area contributed by atoms with E-state index in [0.717, 1.165) is 20.4 Å². The van der Waals surface area contributed by atoms with Crippen molar-refractivity contribution in [3.8, 4) is 0 Å². The number of H-pyrrole nitrogens is 1. The van der Waals surface area contributed by atoms with Crippen LogP contribution in [0.3, 0.4) is 0 Å². The van der Waals surface area contributed by atoms with E-state index >= 15 is 0 Å². The van der Waals surface area contributed by atoms with Crippen molar-refractivity contribution in [1.82, 2.24) is 9.55 Å². The fourth-order valence-electron chi connectivity index (χ4n) is 3.53. The van der Waals surface area contributed by atoms with Gasteiger partial charge in [0.25, 0.3) is 5.56 Å². The van der Waals surface area contributed by atoms with E-state index in [4.69, 9.17) is 0 Å². The zero-order chi connectivity index (χ0) is 19.6. The highest BCUT2D eigenvalue weighted by Gasteiger charge is 2.15. The number of hydrogen-bond acceptors (Lipinski definition) is 2. The number of nitrogens with one attached hydrogen (secondary N) is 1. The Balaban J connectivity index is 2.13. The van der Waals surface area contributed by atoms with Crippen molar-refractivity contribution in [3.63, 3.8) is 0 Å². The molecule has 0 fully saturated rings. The van der Waals surface area contributed by atoms with Gasteiger partial charge in [0.15, 0.2) is 0 Å². The van der Waals surface area contributed by atoms with Gasteiger partial charge in [-0.1, -0.05) is 48.4 Å². The van der Waals surface area contributed by atoms with Crippen LogP contribution in [0.15, 0.2) is 52.1 Å². The third-order valence-electron chi connectivity index (χ3n) is 4.67. The molecule has 2 aromatic carbocycles. The van der Waals surface area contributed by atoms with Crippen LogP contribution in [0, 0.1) is 17.4 Å². The maximum absolute atomic E-state index is 12.6.